The molecule has 184 valence electrons. The number of nitrogens with two attached hydrogens (primary N) is 1. The Morgan fingerprint density at radius 2 is 1.73 bits per heavy atom. The molecule has 0 aromatic heterocycles. The summed E-state index contributed by atoms with van der Waals surface area (Å²) < 4.78 is 5.47. The molecule has 0 bridgehead atoms. The number of likely N-dealkylation sites (tertiary alicyclic amines) is 1. The van der Waals surface area contributed by atoms with E-state index >= 15 is 0 Å². The Morgan fingerprint density at radius 1 is 1.06 bits per heavy atom. The molecule has 0 unspecified atom stereocenters. The van der Waals surface area contributed by atoms with Gasteiger partial charge in [0.25, 0.3) is 0 Å². The average Bonchev–Trinajstić information content (AvgIpc) is 2.76. The van der Waals surface area contributed by atoms with Gasteiger partial charge in [-0.2, -0.15) is 0 Å². The molecule has 2 heterocycles. The summed E-state index contributed by atoms with van der Waals surface area (Å²) >= 11 is 6.13. The van der Waals surface area contributed by atoms with Gasteiger partial charge >= 0.3 is 6.09 Å². The topological polar surface area (TPSA) is 79.1 Å². The van der Waals surface area contributed by atoms with E-state index in [0.29, 0.717) is 25.9 Å². The van der Waals surface area contributed by atoms with Crippen LogP contribution in [0.3, 0.4) is 0 Å². The third kappa shape index (κ3) is 7.24. The van der Waals surface area contributed by atoms with Gasteiger partial charge in [0.05, 0.1) is 5.41 Å². The van der Waals surface area contributed by atoms with Crippen LogP contribution in [0.2, 0.25) is 5.02 Å². The first kappa shape index (κ1) is 25.6. The lowest BCUT2D eigenvalue weighted by molar-refractivity contribution is -0.131. The number of carbonyl (C=O) groups is 2. The second-order valence-corrected chi connectivity index (χ2v) is 10.8. The summed E-state index contributed by atoms with van der Waals surface area (Å²) in [4.78, 5) is 31.2. The molecule has 2 amide bonds. The Kier molecular flexibility index (Phi) is 8.51. The normalized spacial score (nSPS) is 19.4. The molecule has 0 atom stereocenters. The van der Waals surface area contributed by atoms with Crippen LogP contribution in [0.4, 0.5) is 10.5 Å². The molecule has 2 fully saturated rings. The number of halogens is 1. The summed E-state index contributed by atoms with van der Waals surface area (Å²) in [6.45, 7) is 11.7. The number of piperazine rings is 1. The number of hydrogen-bond acceptors (Lipinski definition) is 5. The van der Waals surface area contributed by atoms with Crippen molar-refractivity contribution in [2.75, 3.05) is 50.7 Å². The minimum atomic E-state index is -0.519. The fourth-order valence-electron chi connectivity index (χ4n) is 4.76. The molecule has 0 saturated carbocycles. The highest BCUT2D eigenvalue weighted by Gasteiger charge is 2.41. The Bertz CT molecular complexity index is 810. The number of carbonyl (C=O) groups excluding carboxylic acids is 2. The second-order valence-electron chi connectivity index (χ2n) is 10.4. The van der Waals surface area contributed by atoms with Crippen LogP contribution in [-0.4, -0.2) is 73.2 Å². The molecule has 2 aliphatic heterocycles. The van der Waals surface area contributed by atoms with E-state index < -0.39 is 11.0 Å². The van der Waals surface area contributed by atoms with E-state index in [1.807, 2.05) is 39.0 Å². The third-order valence-corrected chi connectivity index (χ3v) is 7.06. The summed E-state index contributed by atoms with van der Waals surface area (Å²) in [6, 6.07) is 8.03. The van der Waals surface area contributed by atoms with E-state index in [-0.39, 0.29) is 12.0 Å². The highest BCUT2D eigenvalue weighted by molar-refractivity contribution is 6.30. The first-order valence-electron chi connectivity index (χ1n) is 12.1. The van der Waals surface area contributed by atoms with E-state index in [1.54, 1.807) is 4.90 Å². The van der Waals surface area contributed by atoms with Crippen molar-refractivity contribution in [1.82, 2.24) is 9.80 Å². The number of piperidine rings is 1. The van der Waals surface area contributed by atoms with E-state index in [1.165, 1.54) is 5.69 Å². The molecule has 1 aromatic rings. The van der Waals surface area contributed by atoms with E-state index in [4.69, 9.17) is 22.1 Å². The van der Waals surface area contributed by atoms with Gasteiger partial charge in [0.2, 0.25) is 5.91 Å². The van der Waals surface area contributed by atoms with Crippen molar-refractivity contribution in [3.8, 4) is 0 Å². The summed E-state index contributed by atoms with van der Waals surface area (Å²) in [5.74, 6) is -0.235. The number of rotatable bonds is 7. The van der Waals surface area contributed by atoms with Gasteiger partial charge in [0.1, 0.15) is 5.60 Å². The number of ether oxygens (including phenoxy) is 1. The molecule has 0 spiro atoms. The minimum Gasteiger partial charge on any atom is -0.444 e. The van der Waals surface area contributed by atoms with Gasteiger partial charge in [-0.25, -0.2) is 4.79 Å². The quantitative estimate of drug-likeness (QED) is 0.596. The maximum absolute atomic E-state index is 12.3. The number of anilines is 1. The minimum absolute atomic E-state index is 0.235. The molecule has 3 rings (SSSR count). The van der Waals surface area contributed by atoms with Gasteiger partial charge in [0, 0.05) is 50.0 Å². The number of primary amides is 1. The standard InChI is InChI=1S/C25H39ClN4O3/c1-24(2,3)33-23(32)30-13-10-25(11-14-30,22(27)31)9-4-5-12-28-15-17-29(18-16-28)21-8-6-7-20(26)19-21/h6-8,19H,4-5,9-18H2,1-3H3,(H2,27,31). The van der Waals surface area contributed by atoms with Crippen LogP contribution in [-0.2, 0) is 9.53 Å². The number of unbranched alkanes of at least 4 members (excludes halogenated alkanes) is 1. The first-order valence-corrected chi connectivity index (χ1v) is 12.5. The molecule has 2 saturated heterocycles. The Labute approximate surface area is 203 Å². The van der Waals surface area contributed by atoms with E-state index in [9.17, 15) is 9.59 Å². The van der Waals surface area contributed by atoms with Crippen molar-refractivity contribution in [3.63, 3.8) is 0 Å². The molecule has 1 aromatic carbocycles. The van der Waals surface area contributed by atoms with E-state index in [0.717, 1.165) is 57.0 Å². The van der Waals surface area contributed by atoms with Crippen LogP contribution < -0.4 is 10.6 Å². The van der Waals surface area contributed by atoms with Crippen LogP contribution in [0.5, 0.6) is 0 Å². The molecule has 33 heavy (non-hydrogen) atoms. The van der Waals surface area contributed by atoms with Gasteiger partial charge in [-0.3, -0.25) is 9.69 Å². The Morgan fingerprint density at radius 3 is 2.30 bits per heavy atom. The Hall–Kier alpha value is -1.99. The van der Waals surface area contributed by atoms with Crippen molar-refractivity contribution in [3.05, 3.63) is 29.3 Å². The van der Waals surface area contributed by atoms with Crippen molar-refractivity contribution < 1.29 is 14.3 Å². The van der Waals surface area contributed by atoms with Crippen LogP contribution in [0, 0.1) is 5.41 Å². The molecular weight excluding hydrogens is 440 g/mol. The summed E-state index contributed by atoms with van der Waals surface area (Å²) in [7, 11) is 0. The monoisotopic (exact) mass is 478 g/mol. The van der Waals surface area contributed by atoms with Gasteiger partial charge in [0.15, 0.2) is 0 Å². The summed E-state index contributed by atoms with van der Waals surface area (Å²) in [6.07, 6.45) is 3.70. The van der Waals surface area contributed by atoms with E-state index in [2.05, 4.69) is 15.9 Å². The molecule has 2 aliphatic rings. The van der Waals surface area contributed by atoms with Crippen molar-refractivity contribution >= 4 is 29.3 Å². The second kappa shape index (κ2) is 11.0. The first-order chi connectivity index (χ1) is 15.6. The van der Waals surface area contributed by atoms with Crippen molar-refractivity contribution in [2.24, 2.45) is 11.1 Å². The van der Waals surface area contributed by atoms with Gasteiger partial charge < -0.3 is 20.3 Å². The maximum Gasteiger partial charge on any atom is 0.410 e. The zero-order chi connectivity index (χ0) is 24.1. The molecule has 0 aliphatic carbocycles. The van der Waals surface area contributed by atoms with Crippen molar-refractivity contribution in [2.45, 2.75) is 58.5 Å². The van der Waals surface area contributed by atoms with Gasteiger partial charge in [-0.15, -0.1) is 0 Å². The maximum atomic E-state index is 12.3. The number of amides is 2. The van der Waals surface area contributed by atoms with Crippen LogP contribution in [0.1, 0.15) is 52.9 Å². The van der Waals surface area contributed by atoms with Crippen molar-refractivity contribution in [1.29, 1.82) is 0 Å². The van der Waals surface area contributed by atoms with Gasteiger partial charge in [-0.05, 0) is 71.2 Å². The molecular formula is C25H39ClN4O3. The summed E-state index contributed by atoms with van der Waals surface area (Å²) in [5, 5.41) is 0.773. The predicted octanol–water partition coefficient (Wildman–Crippen LogP) is 4.13. The van der Waals surface area contributed by atoms with Gasteiger partial charge in [-0.1, -0.05) is 24.1 Å². The lowest BCUT2D eigenvalue weighted by atomic mass is 9.74. The zero-order valence-electron chi connectivity index (χ0n) is 20.3. The lowest BCUT2D eigenvalue weighted by Gasteiger charge is -2.40. The highest BCUT2D eigenvalue weighted by atomic mass is 35.5. The fraction of sp³-hybridized carbons (Fsp3) is 0.680. The number of benzene rings is 1. The Balaban J connectivity index is 1.39. The van der Waals surface area contributed by atoms with Crippen LogP contribution in [0.25, 0.3) is 0 Å². The zero-order valence-corrected chi connectivity index (χ0v) is 21.1. The highest BCUT2D eigenvalue weighted by Crippen LogP contribution is 2.37. The summed E-state index contributed by atoms with van der Waals surface area (Å²) in [5.41, 5.74) is 5.99. The molecule has 8 heteroatoms. The fourth-order valence-corrected chi connectivity index (χ4v) is 4.95. The molecule has 0 radical (unpaired) electrons. The SMILES string of the molecule is CC(C)(C)OC(=O)N1CCC(CCCCN2CCN(c3cccc(Cl)c3)CC2)(C(N)=O)CC1. The largest absolute Gasteiger partial charge is 0.444 e. The average molecular weight is 479 g/mol. The molecule has 2 N–H and O–H groups in total. The predicted molar refractivity (Wildman–Crippen MR) is 133 cm³/mol. The van der Waals surface area contributed by atoms with Crippen LogP contribution >= 0.6 is 11.6 Å². The lowest BCUT2D eigenvalue weighted by Crippen LogP contribution is -2.50. The number of nitrogens with zero attached hydrogens (tertiary/aromatic N) is 3. The third-order valence-electron chi connectivity index (χ3n) is 6.82. The number of hydrogen-bond donors (Lipinski definition) is 1. The smallest absolute Gasteiger partial charge is 0.410 e. The van der Waals surface area contributed by atoms with Crippen LogP contribution in [0.15, 0.2) is 24.3 Å². The molecule has 7 nitrogen and oxygen atoms in total.